The lowest BCUT2D eigenvalue weighted by Gasteiger charge is -2.03. The molecule has 94 valence electrons. The molecule has 0 unspecified atom stereocenters. The van der Waals surface area contributed by atoms with E-state index in [0.29, 0.717) is 0 Å². The van der Waals surface area contributed by atoms with Crippen molar-refractivity contribution in [2.75, 3.05) is 18.4 Å². The minimum Gasteiger partial charge on any atom is -0.390 e. The Morgan fingerprint density at radius 2 is 1.94 bits per heavy atom. The third-order valence-corrected chi connectivity index (χ3v) is 1.80. The molecule has 0 aliphatic carbocycles. The van der Waals surface area contributed by atoms with Gasteiger partial charge < -0.3 is 11.1 Å². The highest BCUT2D eigenvalue weighted by molar-refractivity contribution is 5.69. The van der Waals surface area contributed by atoms with Crippen LogP contribution in [0.5, 0.6) is 0 Å². The van der Waals surface area contributed by atoms with Gasteiger partial charge in [-0.1, -0.05) is 32.0 Å². The van der Waals surface area contributed by atoms with E-state index >= 15 is 0 Å². The van der Waals surface area contributed by atoms with Gasteiger partial charge in [0.1, 0.15) is 6.34 Å². The Morgan fingerprint density at radius 3 is 2.59 bits per heavy atom. The number of aliphatic imine (C=N–C) groups is 2. The first-order valence-corrected chi connectivity index (χ1v) is 5.94. The second-order valence-electron chi connectivity index (χ2n) is 2.97. The predicted molar refractivity (Wildman–Crippen MR) is 76.9 cm³/mol. The second-order valence-corrected chi connectivity index (χ2v) is 2.97. The zero-order valence-electron chi connectivity index (χ0n) is 10.6. The van der Waals surface area contributed by atoms with E-state index in [1.54, 1.807) is 0 Å². The smallest absolute Gasteiger partial charge is 0.111 e. The Hall–Kier alpha value is -1.84. The molecule has 0 spiro atoms. The molecule has 0 aliphatic rings. The molecule has 4 nitrogen and oxygen atoms in total. The van der Waals surface area contributed by atoms with Gasteiger partial charge in [-0.2, -0.15) is 0 Å². The Kier molecular flexibility index (Phi) is 10.9. The fourth-order valence-corrected chi connectivity index (χ4v) is 1.10. The van der Waals surface area contributed by atoms with E-state index < -0.39 is 0 Å². The van der Waals surface area contributed by atoms with Gasteiger partial charge in [-0.05, 0) is 18.6 Å². The Balaban J connectivity index is 0.00000121. The second kappa shape index (κ2) is 12.2. The standard InChI is InChI=1S/C11H16N4.C2H6/c12-9-14-10-13-7-4-8-15-11-5-2-1-3-6-11;1-2/h1-3,5-6,9-10,15H,4,7-8H2,(H2,12,13,14);1-2H3. The molecule has 0 heterocycles. The first-order chi connectivity index (χ1) is 8.43. The van der Waals surface area contributed by atoms with E-state index in [9.17, 15) is 0 Å². The Morgan fingerprint density at radius 1 is 1.24 bits per heavy atom. The van der Waals surface area contributed by atoms with Crippen LogP contribution in [0.15, 0.2) is 40.3 Å². The molecule has 1 rings (SSSR count). The molecule has 0 bridgehead atoms. The molecule has 3 N–H and O–H groups in total. The van der Waals surface area contributed by atoms with Gasteiger partial charge in [0.15, 0.2) is 0 Å². The summed E-state index contributed by atoms with van der Waals surface area (Å²) in [6.07, 6.45) is 3.68. The minimum absolute atomic E-state index is 0.761. The Bertz CT molecular complexity index is 306. The molecule has 0 saturated heterocycles. The number of para-hydroxylation sites is 1. The highest BCUT2D eigenvalue weighted by Crippen LogP contribution is 2.04. The van der Waals surface area contributed by atoms with Crippen molar-refractivity contribution in [1.82, 2.24) is 0 Å². The highest BCUT2D eigenvalue weighted by Gasteiger charge is 1.87. The number of anilines is 1. The normalized spacial score (nSPS) is 10.2. The molecule has 1 aromatic rings. The van der Waals surface area contributed by atoms with E-state index in [1.165, 1.54) is 12.7 Å². The molecule has 0 aliphatic heterocycles. The fraction of sp³-hybridized carbons (Fsp3) is 0.385. The molecule has 0 atom stereocenters. The van der Waals surface area contributed by atoms with Crippen LogP contribution >= 0.6 is 0 Å². The summed E-state index contributed by atoms with van der Waals surface area (Å²) < 4.78 is 0. The van der Waals surface area contributed by atoms with E-state index in [4.69, 9.17) is 5.73 Å². The molecule has 17 heavy (non-hydrogen) atoms. The molecule has 0 saturated carbocycles. The SMILES string of the molecule is CC.NC=NC=NCCCNc1ccccc1. The number of nitrogens with zero attached hydrogens (tertiary/aromatic N) is 2. The van der Waals surface area contributed by atoms with Crippen molar-refractivity contribution in [1.29, 1.82) is 0 Å². The minimum atomic E-state index is 0.761. The average molecular weight is 234 g/mol. The number of nitrogens with two attached hydrogens (primary N) is 1. The van der Waals surface area contributed by atoms with Crippen LogP contribution in [-0.2, 0) is 0 Å². The van der Waals surface area contributed by atoms with Crippen LogP contribution in [0.2, 0.25) is 0 Å². The topological polar surface area (TPSA) is 62.8 Å². The highest BCUT2D eigenvalue weighted by atomic mass is 14.9. The van der Waals surface area contributed by atoms with Gasteiger partial charge in [-0.15, -0.1) is 0 Å². The van der Waals surface area contributed by atoms with Crippen molar-refractivity contribution in [3.05, 3.63) is 30.3 Å². The molecular formula is C13H22N4. The number of rotatable bonds is 6. The molecular weight excluding hydrogens is 212 g/mol. The molecule has 4 heteroatoms. The van der Waals surface area contributed by atoms with Gasteiger partial charge in [-0.3, -0.25) is 4.99 Å². The van der Waals surface area contributed by atoms with Crippen molar-refractivity contribution in [3.8, 4) is 0 Å². The first-order valence-electron chi connectivity index (χ1n) is 5.94. The van der Waals surface area contributed by atoms with Gasteiger partial charge in [-0.25, -0.2) is 4.99 Å². The van der Waals surface area contributed by atoms with Crippen LogP contribution < -0.4 is 11.1 Å². The van der Waals surface area contributed by atoms with Crippen LogP contribution in [0.3, 0.4) is 0 Å². The quantitative estimate of drug-likeness (QED) is 0.451. The van der Waals surface area contributed by atoms with E-state index in [0.717, 1.165) is 25.2 Å². The summed E-state index contributed by atoms with van der Waals surface area (Å²) in [5.74, 6) is 0. The van der Waals surface area contributed by atoms with Gasteiger partial charge in [0.05, 0.1) is 6.34 Å². The summed E-state index contributed by atoms with van der Waals surface area (Å²) in [4.78, 5) is 7.72. The van der Waals surface area contributed by atoms with E-state index in [-0.39, 0.29) is 0 Å². The molecule has 0 amide bonds. The third kappa shape index (κ3) is 9.11. The Labute approximate surface area is 104 Å². The lowest BCUT2D eigenvalue weighted by Crippen LogP contribution is -2.02. The summed E-state index contributed by atoms with van der Waals surface area (Å²) in [6, 6.07) is 10.1. The van der Waals surface area contributed by atoms with Crippen molar-refractivity contribution in [3.63, 3.8) is 0 Å². The summed E-state index contributed by atoms with van der Waals surface area (Å²) in [5, 5.41) is 3.30. The maximum atomic E-state index is 5.05. The van der Waals surface area contributed by atoms with Gasteiger partial charge in [0.2, 0.25) is 0 Å². The lowest BCUT2D eigenvalue weighted by atomic mass is 10.3. The monoisotopic (exact) mass is 234 g/mol. The fourth-order valence-electron chi connectivity index (χ4n) is 1.10. The maximum absolute atomic E-state index is 5.05. The molecule has 0 aromatic heterocycles. The van der Waals surface area contributed by atoms with E-state index in [2.05, 4.69) is 15.3 Å². The zero-order valence-corrected chi connectivity index (χ0v) is 10.6. The van der Waals surface area contributed by atoms with E-state index in [1.807, 2.05) is 44.2 Å². The van der Waals surface area contributed by atoms with Crippen molar-refractivity contribution in [2.45, 2.75) is 20.3 Å². The zero-order chi connectivity index (χ0) is 12.8. The number of benzene rings is 1. The first kappa shape index (κ1) is 15.2. The van der Waals surface area contributed by atoms with Gasteiger partial charge >= 0.3 is 0 Å². The van der Waals surface area contributed by atoms with Gasteiger partial charge in [0, 0.05) is 18.8 Å². The molecule has 1 aromatic carbocycles. The maximum Gasteiger partial charge on any atom is 0.111 e. The van der Waals surface area contributed by atoms with Crippen LogP contribution in [-0.4, -0.2) is 25.8 Å². The van der Waals surface area contributed by atoms with Crippen molar-refractivity contribution in [2.24, 2.45) is 15.7 Å². The lowest BCUT2D eigenvalue weighted by molar-refractivity contribution is 0.877. The molecule has 0 fully saturated rings. The number of nitrogens with one attached hydrogen (secondary N) is 1. The van der Waals surface area contributed by atoms with Crippen LogP contribution in [0.25, 0.3) is 0 Å². The summed E-state index contributed by atoms with van der Waals surface area (Å²) in [7, 11) is 0. The van der Waals surface area contributed by atoms with Crippen LogP contribution in [0, 0.1) is 0 Å². The third-order valence-electron chi connectivity index (χ3n) is 1.80. The van der Waals surface area contributed by atoms with Gasteiger partial charge in [0.25, 0.3) is 0 Å². The predicted octanol–water partition coefficient (Wildman–Crippen LogP) is 2.53. The number of hydrogen-bond acceptors (Lipinski definition) is 2. The summed E-state index contributed by atoms with van der Waals surface area (Å²) >= 11 is 0. The van der Waals surface area contributed by atoms with Crippen molar-refractivity contribution >= 4 is 18.4 Å². The summed E-state index contributed by atoms with van der Waals surface area (Å²) in [5.41, 5.74) is 6.19. The van der Waals surface area contributed by atoms with Crippen molar-refractivity contribution < 1.29 is 0 Å². The average Bonchev–Trinajstić information content (AvgIpc) is 2.41. The summed E-state index contributed by atoms with van der Waals surface area (Å²) in [6.45, 7) is 5.67. The largest absolute Gasteiger partial charge is 0.390 e. The van der Waals surface area contributed by atoms with Crippen LogP contribution in [0.4, 0.5) is 5.69 Å². The van der Waals surface area contributed by atoms with Crippen LogP contribution in [0.1, 0.15) is 20.3 Å². The molecule has 0 radical (unpaired) electrons. The number of hydrogen-bond donors (Lipinski definition) is 2.